The molecule has 1 rings (SSSR count). The third kappa shape index (κ3) is 5.72. The summed E-state index contributed by atoms with van der Waals surface area (Å²) in [5.41, 5.74) is 0.655. The zero-order chi connectivity index (χ0) is 15.2. The fraction of sp³-hybridized carbons (Fsp3) is 0.562. The van der Waals surface area contributed by atoms with E-state index >= 15 is 0 Å². The number of carbonyl (C=O) groups excluding carboxylic acids is 1. The van der Waals surface area contributed by atoms with E-state index < -0.39 is 5.60 Å². The maximum absolute atomic E-state index is 12.1. The Kier molecular flexibility index (Phi) is 6.17. The van der Waals surface area contributed by atoms with Gasteiger partial charge in [0.2, 0.25) is 0 Å². The van der Waals surface area contributed by atoms with Crippen LogP contribution in [0.4, 0.5) is 0 Å². The third-order valence-corrected chi connectivity index (χ3v) is 2.98. The van der Waals surface area contributed by atoms with Crippen LogP contribution < -0.4 is 5.32 Å². The van der Waals surface area contributed by atoms with Gasteiger partial charge in [-0.3, -0.25) is 4.79 Å². The number of carbonyl (C=O) groups is 1. The summed E-state index contributed by atoms with van der Waals surface area (Å²) >= 11 is 0. The Labute approximate surface area is 121 Å². The van der Waals surface area contributed by atoms with Crippen molar-refractivity contribution < 1.29 is 14.6 Å². The number of methoxy groups -OCH3 is 1. The summed E-state index contributed by atoms with van der Waals surface area (Å²) in [7, 11) is 1.62. The molecule has 0 heterocycles. The summed E-state index contributed by atoms with van der Waals surface area (Å²) < 4.78 is 5.05. The van der Waals surface area contributed by atoms with Crippen LogP contribution in [0, 0.1) is 5.92 Å². The molecule has 0 saturated heterocycles. The minimum Gasteiger partial charge on any atom is -0.388 e. The summed E-state index contributed by atoms with van der Waals surface area (Å²) in [5, 5.41) is 13.0. The number of amides is 1. The molecule has 0 fully saturated rings. The highest BCUT2D eigenvalue weighted by molar-refractivity contribution is 5.94. The average Bonchev–Trinajstić information content (AvgIpc) is 2.35. The number of hydrogen-bond donors (Lipinski definition) is 2. The van der Waals surface area contributed by atoms with E-state index in [9.17, 15) is 9.90 Å². The van der Waals surface area contributed by atoms with E-state index in [1.165, 1.54) is 0 Å². The van der Waals surface area contributed by atoms with E-state index in [0.717, 1.165) is 5.56 Å². The molecule has 0 aliphatic rings. The molecule has 0 radical (unpaired) electrons. The van der Waals surface area contributed by atoms with Gasteiger partial charge in [-0.05, 0) is 37.0 Å². The van der Waals surface area contributed by atoms with E-state index in [1.54, 1.807) is 26.2 Å². The van der Waals surface area contributed by atoms with Gasteiger partial charge in [0.15, 0.2) is 0 Å². The Morgan fingerprint density at radius 2 is 2.15 bits per heavy atom. The van der Waals surface area contributed by atoms with Crippen molar-refractivity contribution in [3.8, 4) is 0 Å². The molecule has 0 bridgehead atoms. The lowest BCUT2D eigenvalue weighted by molar-refractivity contribution is 0.0368. The molecule has 20 heavy (non-hydrogen) atoms. The Bertz CT molecular complexity index is 441. The second kappa shape index (κ2) is 7.41. The lowest BCUT2D eigenvalue weighted by Gasteiger charge is -2.25. The SMILES string of the molecule is COCc1cccc(C(=O)NCC(C)(O)CC(C)C)c1. The Hall–Kier alpha value is -1.39. The molecule has 1 unspecified atom stereocenters. The monoisotopic (exact) mass is 279 g/mol. The normalized spacial score (nSPS) is 14.1. The van der Waals surface area contributed by atoms with Crippen molar-refractivity contribution in [2.24, 2.45) is 5.92 Å². The van der Waals surface area contributed by atoms with Gasteiger partial charge in [-0.15, -0.1) is 0 Å². The number of rotatable bonds is 7. The maximum atomic E-state index is 12.1. The fourth-order valence-electron chi connectivity index (χ4n) is 2.29. The summed E-state index contributed by atoms with van der Waals surface area (Å²) in [6.07, 6.45) is 0.650. The van der Waals surface area contributed by atoms with Crippen LogP contribution in [0.2, 0.25) is 0 Å². The topological polar surface area (TPSA) is 58.6 Å². The van der Waals surface area contributed by atoms with E-state index in [-0.39, 0.29) is 12.5 Å². The number of aliphatic hydroxyl groups is 1. The van der Waals surface area contributed by atoms with Crippen molar-refractivity contribution in [2.75, 3.05) is 13.7 Å². The van der Waals surface area contributed by atoms with E-state index in [1.807, 2.05) is 26.0 Å². The third-order valence-electron chi connectivity index (χ3n) is 2.98. The number of nitrogens with one attached hydrogen (secondary N) is 1. The minimum absolute atomic E-state index is 0.174. The molecule has 4 heteroatoms. The van der Waals surface area contributed by atoms with Crippen LogP contribution >= 0.6 is 0 Å². The first-order valence-corrected chi connectivity index (χ1v) is 6.92. The number of hydrogen-bond acceptors (Lipinski definition) is 3. The van der Waals surface area contributed by atoms with Crippen molar-refractivity contribution in [2.45, 2.75) is 39.4 Å². The Balaban J connectivity index is 2.60. The van der Waals surface area contributed by atoms with Crippen LogP contribution in [0.25, 0.3) is 0 Å². The molecule has 0 aliphatic heterocycles. The molecule has 1 atom stereocenters. The predicted octanol–water partition coefficient (Wildman–Crippen LogP) is 2.36. The molecule has 0 aromatic heterocycles. The molecule has 0 aliphatic carbocycles. The van der Waals surface area contributed by atoms with Crippen molar-refractivity contribution >= 4 is 5.91 Å². The number of ether oxygens (including phenoxy) is 1. The van der Waals surface area contributed by atoms with Crippen LogP contribution in [0.3, 0.4) is 0 Å². The van der Waals surface area contributed by atoms with E-state index in [2.05, 4.69) is 5.32 Å². The second-order valence-electron chi connectivity index (χ2n) is 5.91. The van der Waals surface area contributed by atoms with Gasteiger partial charge >= 0.3 is 0 Å². The van der Waals surface area contributed by atoms with Gasteiger partial charge in [0, 0.05) is 19.2 Å². The highest BCUT2D eigenvalue weighted by atomic mass is 16.5. The molecular formula is C16H25NO3. The molecule has 2 N–H and O–H groups in total. The van der Waals surface area contributed by atoms with Crippen molar-refractivity contribution in [3.05, 3.63) is 35.4 Å². The summed E-state index contributed by atoms with van der Waals surface area (Å²) in [6.45, 7) is 6.56. The lowest BCUT2D eigenvalue weighted by Crippen LogP contribution is -2.41. The van der Waals surface area contributed by atoms with Crippen LogP contribution in [0.15, 0.2) is 24.3 Å². The predicted molar refractivity (Wildman–Crippen MR) is 79.6 cm³/mol. The van der Waals surface area contributed by atoms with Gasteiger partial charge in [0.05, 0.1) is 12.2 Å². The molecule has 0 saturated carbocycles. The molecular weight excluding hydrogens is 254 g/mol. The van der Waals surface area contributed by atoms with Gasteiger partial charge < -0.3 is 15.2 Å². The number of benzene rings is 1. The first-order chi connectivity index (χ1) is 9.34. The van der Waals surface area contributed by atoms with Gasteiger partial charge in [0.25, 0.3) is 5.91 Å². The highest BCUT2D eigenvalue weighted by Gasteiger charge is 2.22. The van der Waals surface area contributed by atoms with Crippen LogP contribution in [0.5, 0.6) is 0 Å². The first-order valence-electron chi connectivity index (χ1n) is 6.92. The summed E-state index contributed by atoms with van der Waals surface area (Å²) in [4.78, 5) is 12.1. The molecule has 1 amide bonds. The van der Waals surface area contributed by atoms with E-state index in [0.29, 0.717) is 24.5 Å². The van der Waals surface area contributed by atoms with Crippen LogP contribution in [-0.2, 0) is 11.3 Å². The van der Waals surface area contributed by atoms with Gasteiger partial charge in [-0.2, -0.15) is 0 Å². The lowest BCUT2D eigenvalue weighted by atomic mass is 9.94. The molecule has 0 spiro atoms. The molecule has 1 aromatic carbocycles. The van der Waals surface area contributed by atoms with Crippen molar-refractivity contribution in [1.29, 1.82) is 0 Å². The standard InChI is InChI=1S/C16H25NO3/c1-12(2)9-16(3,19)11-17-15(18)14-7-5-6-13(8-14)10-20-4/h5-8,12,19H,9-11H2,1-4H3,(H,17,18). The second-order valence-corrected chi connectivity index (χ2v) is 5.91. The van der Waals surface area contributed by atoms with Crippen LogP contribution in [0.1, 0.15) is 43.1 Å². The largest absolute Gasteiger partial charge is 0.388 e. The molecule has 112 valence electrons. The summed E-state index contributed by atoms with van der Waals surface area (Å²) in [6, 6.07) is 7.30. The Morgan fingerprint density at radius 1 is 1.45 bits per heavy atom. The summed E-state index contributed by atoms with van der Waals surface area (Å²) in [5.74, 6) is 0.207. The van der Waals surface area contributed by atoms with Crippen LogP contribution in [-0.4, -0.2) is 30.3 Å². The van der Waals surface area contributed by atoms with Gasteiger partial charge in [-0.25, -0.2) is 0 Å². The van der Waals surface area contributed by atoms with Crippen molar-refractivity contribution in [1.82, 2.24) is 5.32 Å². The Morgan fingerprint density at radius 3 is 2.75 bits per heavy atom. The van der Waals surface area contributed by atoms with E-state index in [4.69, 9.17) is 4.74 Å². The highest BCUT2D eigenvalue weighted by Crippen LogP contribution is 2.15. The van der Waals surface area contributed by atoms with Crippen molar-refractivity contribution in [3.63, 3.8) is 0 Å². The van der Waals surface area contributed by atoms with Gasteiger partial charge in [0.1, 0.15) is 0 Å². The van der Waals surface area contributed by atoms with Gasteiger partial charge in [-0.1, -0.05) is 26.0 Å². The zero-order valence-electron chi connectivity index (χ0n) is 12.8. The average molecular weight is 279 g/mol. The zero-order valence-corrected chi connectivity index (χ0v) is 12.8. The first kappa shape index (κ1) is 16.7. The molecule has 1 aromatic rings. The fourth-order valence-corrected chi connectivity index (χ4v) is 2.29. The maximum Gasteiger partial charge on any atom is 0.251 e. The smallest absolute Gasteiger partial charge is 0.251 e. The minimum atomic E-state index is -0.881. The quantitative estimate of drug-likeness (QED) is 0.805. The molecule has 4 nitrogen and oxygen atoms in total.